The maximum absolute atomic E-state index is 14.0. The number of thiocarbonyl (C=S) groups is 1. The number of fused-ring (bicyclic) bond motifs is 2. The molecular formula is C36H40N8O4S. The molecule has 4 N–H and O–H groups in total. The molecule has 12 nitrogen and oxygen atoms in total. The number of para-hydroxylation sites is 2. The highest BCUT2D eigenvalue weighted by Crippen LogP contribution is 2.36. The molecule has 4 amide bonds. The molecule has 0 aliphatic carbocycles. The van der Waals surface area contributed by atoms with E-state index < -0.39 is 5.91 Å². The molecule has 0 unspecified atom stereocenters. The molecule has 1 fully saturated rings. The van der Waals surface area contributed by atoms with Crippen molar-refractivity contribution >= 4 is 52.2 Å². The minimum absolute atomic E-state index is 0.130. The Balaban J connectivity index is 1.12. The Hall–Kier alpha value is -5.27. The van der Waals surface area contributed by atoms with E-state index in [1.165, 1.54) is 0 Å². The Morgan fingerprint density at radius 2 is 1.88 bits per heavy atom. The lowest BCUT2D eigenvalue weighted by Gasteiger charge is -2.28. The molecular weight excluding hydrogens is 641 g/mol. The predicted molar refractivity (Wildman–Crippen MR) is 192 cm³/mol. The fourth-order valence-corrected chi connectivity index (χ4v) is 6.52. The van der Waals surface area contributed by atoms with Gasteiger partial charge in [0.2, 0.25) is 5.91 Å². The van der Waals surface area contributed by atoms with E-state index >= 15 is 0 Å². The van der Waals surface area contributed by atoms with Gasteiger partial charge >= 0.3 is 6.03 Å². The second-order valence-corrected chi connectivity index (χ2v) is 13.0. The molecule has 254 valence electrons. The van der Waals surface area contributed by atoms with Gasteiger partial charge in [0, 0.05) is 57.3 Å². The van der Waals surface area contributed by atoms with E-state index in [1.54, 1.807) is 44.9 Å². The minimum atomic E-state index is -0.497. The molecule has 0 radical (unpaired) electrons. The molecule has 1 aromatic heterocycles. The van der Waals surface area contributed by atoms with Gasteiger partial charge in [-0.3, -0.25) is 14.3 Å². The average molecular weight is 681 g/mol. The topological polar surface area (TPSA) is 138 Å². The van der Waals surface area contributed by atoms with E-state index in [0.717, 1.165) is 39.4 Å². The zero-order valence-corrected chi connectivity index (χ0v) is 28.8. The number of amides is 4. The summed E-state index contributed by atoms with van der Waals surface area (Å²) in [5, 5.41) is 10.9. The van der Waals surface area contributed by atoms with Gasteiger partial charge in [0.25, 0.3) is 5.91 Å². The molecule has 2 atom stereocenters. The molecule has 49 heavy (non-hydrogen) atoms. The Morgan fingerprint density at radius 1 is 1.08 bits per heavy atom. The summed E-state index contributed by atoms with van der Waals surface area (Å²) in [5.74, 6) is 0.224. The van der Waals surface area contributed by atoms with Crippen LogP contribution in [0.25, 0.3) is 0 Å². The number of benzene rings is 3. The number of hydrogen-bond donors (Lipinski definition) is 3. The van der Waals surface area contributed by atoms with Gasteiger partial charge in [-0.1, -0.05) is 42.5 Å². The molecule has 6 rings (SSSR count). The van der Waals surface area contributed by atoms with Crippen LogP contribution in [-0.2, 0) is 31.5 Å². The monoisotopic (exact) mass is 680 g/mol. The number of carbonyl (C=O) groups excluding carboxylic acids is 3. The number of nitrogens with two attached hydrogens (primary N) is 1. The molecule has 1 saturated heterocycles. The minimum Gasteiger partial charge on any atom is -0.372 e. The number of nitrogens with zero attached hydrogens (tertiary/aromatic N) is 5. The van der Waals surface area contributed by atoms with Gasteiger partial charge in [-0.25, -0.2) is 4.79 Å². The second-order valence-electron chi connectivity index (χ2n) is 12.6. The van der Waals surface area contributed by atoms with Crippen molar-refractivity contribution in [3.05, 3.63) is 106 Å². The van der Waals surface area contributed by atoms with Crippen molar-refractivity contribution in [1.82, 2.24) is 24.9 Å². The lowest BCUT2D eigenvalue weighted by atomic mass is 10.0. The zero-order chi connectivity index (χ0) is 34.8. The molecule has 0 spiro atoms. The number of ether oxygens (including phenoxy) is 1. The van der Waals surface area contributed by atoms with Crippen molar-refractivity contribution < 1.29 is 19.1 Å². The first kappa shape index (κ1) is 33.6. The van der Waals surface area contributed by atoms with Gasteiger partial charge in [0.15, 0.2) is 0 Å². The van der Waals surface area contributed by atoms with E-state index in [1.807, 2.05) is 75.4 Å². The smallest absolute Gasteiger partial charge is 0.318 e. The molecule has 0 saturated carbocycles. The number of primary amides is 1. The summed E-state index contributed by atoms with van der Waals surface area (Å²) >= 11 is 5.71. The maximum atomic E-state index is 14.0. The van der Waals surface area contributed by atoms with E-state index in [2.05, 4.69) is 15.7 Å². The Bertz CT molecular complexity index is 1920. The number of aromatic nitrogens is 2. The summed E-state index contributed by atoms with van der Waals surface area (Å²) in [5.41, 5.74) is 11.5. The number of aryl methyl sites for hydroxylation is 2. The summed E-state index contributed by atoms with van der Waals surface area (Å²) in [6.45, 7) is 3.22. The highest BCUT2D eigenvalue weighted by atomic mass is 32.1. The lowest BCUT2D eigenvalue weighted by Crippen LogP contribution is -2.48. The van der Waals surface area contributed by atoms with Crippen molar-refractivity contribution in [2.24, 2.45) is 12.8 Å². The molecule has 4 aromatic rings. The SMILES string of the molecule is Cc1cc(C(=O)N2Cc3cnn(C)c3Nc3ccccc32)ccc1CNC(=O)N1C[C@H](OCc2cccc(C(N)=O)c2)C[C@H]1C(=S)N(C)C. The van der Waals surface area contributed by atoms with E-state index in [-0.39, 0.29) is 37.2 Å². The molecule has 3 heterocycles. The van der Waals surface area contributed by atoms with Crippen molar-refractivity contribution in [2.45, 2.75) is 45.2 Å². The predicted octanol–water partition coefficient (Wildman–Crippen LogP) is 4.49. The van der Waals surface area contributed by atoms with Gasteiger partial charge in [0.1, 0.15) is 10.8 Å². The van der Waals surface area contributed by atoms with Crippen LogP contribution in [0, 0.1) is 6.92 Å². The van der Waals surface area contributed by atoms with Crippen molar-refractivity contribution in [2.75, 3.05) is 30.9 Å². The van der Waals surface area contributed by atoms with Crippen LogP contribution in [0.4, 0.5) is 22.0 Å². The van der Waals surface area contributed by atoms with E-state index in [9.17, 15) is 14.4 Å². The maximum Gasteiger partial charge on any atom is 0.318 e. The van der Waals surface area contributed by atoms with Crippen LogP contribution in [0.15, 0.2) is 72.9 Å². The first-order chi connectivity index (χ1) is 23.5. The van der Waals surface area contributed by atoms with Crippen molar-refractivity contribution in [1.29, 1.82) is 0 Å². The average Bonchev–Trinajstić information content (AvgIpc) is 3.63. The molecule has 2 aliphatic rings. The van der Waals surface area contributed by atoms with Gasteiger partial charge in [-0.2, -0.15) is 5.10 Å². The highest BCUT2D eigenvalue weighted by molar-refractivity contribution is 7.80. The normalized spacial score (nSPS) is 16.7. The van der Waals surface area contributed by atoms with Gasteiger partial charge in [-0.15, -0.1) is 0 Å². The van der Waals surface area contributed by atoms with Crippen LogP contribution in [0.1, 0.15) is 49.4 Å². The lowest BCUT2D eigenvalue weighted by molar-refractivity contribution is 0.0485. The Morgan fingerprint density at radius 3 is 2.63 bits per heavy atom. The molecule has 13 heteroatoms. The third kappa shape index (κ3) is 7.13. The second kappa shape index (κ2) is 14.1. The summed E-state index contributed by atoms with van der Waals surface area (Å²) in [6, 6.07) is 19.7. The van der Waals surface area contributed by atoms with Gasteiger partial charge in [-0.05, 0) is 60.0 Å². The first-order valence-corrected chi connectivity index (χ1v) is 16.4. The summed E-state index contributed by atoms with van der Waals surface area (Å²) in [7, 11) is 5.60. The summed E-state index contributed by atoms with van der Waals surface area (Å²) in [4.78, 5) is 45.1. The van der Waals surface area contributed by atoms with Crippen molar-refractivity contribution in [3.63, 3.8) is 0 Å². The largest absolute Gasteiger partial charge is 0.372 e. The van der Waals surface area contributed by atoms with Crippen molar-refractivity contribution in [3.8, 4) is 0 Å². The van der Waals surface area contributed by atoms with Crippen LogP contribution in [0.5, 0.6) is 0 Å². The molecule has 2 aliphatic heterocycles. The summed E-state index contributed by atoms with van der Waals surface area (Å²) in [6.07, 6.45) is 2.08. The third-order valence-corrected chi connectivity index (χ3v) is 9.64. The number of likely N-dealkylation sites (tertiary alicyclic amines) is 1. The number of anilines is 3. The number of hydrogen-bond acceptors (Lipinski definition) is 7. The summed E-state index contributed by atoms with van der Waals surface area (Å²) < 4.78 is 7.96. The van der Waals surface area contributed by atoms with E-state index in [4.69, 9.17) is 22.7 Å². The number of nitrogens with one attached hydrogen (secondary N) is 2. The molecule has 3 aromatic carbocycles. The number of rotatable bonds is 8. The highest BCUT2D eigenvalue weighted by Gasteiger charge is 2.39. The third-order valence-electron chi connectivity index (χ3n) is 9.00. The zero-order valence-electron chi connectivity index (χ0n) is 28.0. The quantitative estimate of drug-likeness (QED) is 0.232. The van der Waals surface area contributed by atoms with Crippen LogP contribution in [-0.4, -0.2) is 75.2 Å². The first-order valence-electron chi connectivity index (χ1n) is 16.0. The number of urea groups is 1. The Kier molecular flexibility index (Phi) is 9.65. The van der Waals surface area contributed by atoms with Crippen LogP contribution < -0.4 is 21.3 Å². The fraction of sp³-hybridized carbons (Fsp3) is 0.306. The standard InChI is InChI=1S/C36H40N8O4S/c1-22-14-25(34(46)43-19-27-18-39-42(4)33(27)40-29-10-5-6-11-30(29)43)12-13-26(22)17-38-36(47)44-20-28(16-31(44)35(49)41(2)3)48-21-23-8-7-9-24(15-23)32(37)45/h5-15,18,28,31,40H,16-17,19-21H2,1-4H3,(H2,37,45)(H,38,47)/t28-,31+/m1/s1. The van der Waals surface area contributed by atoms with E-state index in [0.29, 0.717) is 35.6 Å². The van der Waals surface area contributed by atoms with Crippen LogP contribution >= 0.6 is 12.2 Å². The Labute approximate surface area is 290 Å². The van der Waals surface area contributed by atoms with Crippen LogP contribution in [0.2, 0.25) is 0 Å². The fourth-order valence-electron chi connectivity index (χ4n) is 6.30. The number of likely N-dealkylation sites (N-methyl/N-ethyl adjacent to an activating group) is 1. The van der Waals surface area contributed by atoms with Gasteiger partial charge in [0.05, 0.1) is 42.9 Å². The number of carbonyl (C=O) groups is 3. The van der Waals surface area contributed by atoms with Gasteiger partial charge < -0.3 is 35.8 Å². The molecule has 0 bridgehead atoms. The van der Waals surface area contributed by atoms with Crippen LogP contribution in [0.3, 0.4) is 0 Å².